The van der Waals surface area contributed by atoms with Gasteiger partial charge in [-0.2, -0.15) is 0 Å². The van der Waals surface area contributed by atoms with Crippen molar-refractivity contribution in [2.45, 2.75) is 18.6 Å². The lowest BCUT2D eigenvalue weighted by Gasteiger charge is -2.18. The van der Waals surface area contributed by atoms with Crippen molar-refractivity contribution in [2.75, 3.05) is 7.11 Å². The maximum Gasteiger partial charge on any atom is 0.308 e. The van der Waals surface area contributed by atoms with Crippen LogP contribution >= 0.6 is 0 Å². The molecule has 2 N–H and O–H groups in total. The molecule has 0 bridgehead atoms. The molecule has 0 aliphatic rings. The molecule has 1 aromatic carbocycles. The molecule has 0 aliphatic heterocycles. The van der Waals surface area contributed by atoms with Crippen molar-refractivity contribution in [3.05, 3.63) is 35.1 Å². The van der Waals surface area contributed by atoms with Gasteiger partial charge in [0.05, 0.1) is 25.2 Å². The third-order valence-corrected chi connectivity index (χ3v) is 2.49. The Labute approximate surface area is 103 Å². The van der Waals surface area contributed by atoms with Gasteiger partial charge in [-0.15, -0.1) is 0 Å². The zero-order valence-electron chi connectivity index (χ0n) is 9.67. The Morgan fingerprint density at radius 3 is 2.72 bits per heavy atom. The number of benzene rings is 1. The van der Waals surface area contributed by atoms with Gasteiger partial charge < -0.3 is 14.9 Å². The first-order valence-electron chi connectivity index (χ1n) is 5.17. The molecular formula is C12H13FO5. The number of aliphatic hydroxyl groups is 2. The normalized spacial score (nSPS) is 13.8. The molecule has 98 valence electrons. The van der Waals surface area contributed by atoms with Crippen molar-refractivity contribution >= 4 is 12.3 Å². The molecule has 18 heavy (non-hydrogen) atoms. The van der Waals surface area contributed by atoms with Crippen LogP contribution in [0.3, 0.4) is 0 Å². The summed E-state index contributed by atoms with van der Waals surface area (Å²) in [7, 11) is 1.14. The third-order valence-electron chi connectivity index (χ3n) is 2.49. The molecule has 0 radical (unpaired) electrons. The number of halogens is 1. The zero-order valence-corrected chi connectivity index (χ0v) is 9.67. The van der Waals surface area contributed by atoms with Crippen LogP contribution in [-0.4, -0.2) is 35.7 Å². The fraction of sp³-hybridized carbons (Fsp3) is 0.333. The summed E-state index contributed by atoms with van der Waals surface area (Å²) in [6.45, 7) is 0. The molecule has 0 amide bonds. The average Bonchev–Trinajstić information content (AvgIpc) is 2.37. The monoisotopic (exact) mass is 256 g/mol. The van der Waals surface area contributed by atoms with Crippen LogP contribution in [0.15, 0.2) is 18.2 Å². The van der Waals surface area contributed by atoms with E-state index in [1.807, 2.05) is 0 Å². The van der Waals surface area contributed by atoms with E-state index in [2.05, 4.69) is 4.74 Å². The Balaban J connectivity index is 2.96. The van der Waals surface area contributed by atoms with Crippen molar-refractivity contribution in [3.63, 3.8) is 0 Å². The lowest BCUT2D eigenvalue weighted by Crippen LogP contribution is -2.23. The summed E-state index contributed by atoms with van der Waals surface area (Å²) in [5.41, 5.74) is -0.407. The van der Waals surface area contributed by atoms with Crippen LogP contribution in [0.2, 0.25) is 0 Å². The number of aldehydes is 1. The number of esters is 1. The minimum Gasteiger partial charge on any atom is -0.469 e. The van der Waals surface area contributed by atoms with E-state index in [-0.39, 0.29) is 17.4 Å². The smallest absolute Gasteiger partial charge is 0.308 e. The van der Waals surface area contributed by atoms with Gasteiger partial charge in [0, 0.05) is 0 Å². The number of carbonyl (C=O) groups excluding carboxylic acids is 2. The molecule has 0 spiro atoms. The predicted molar refractivity (Wildman–Crippen MR) is 59.4 cm³/mol. The molecule has 6 heteroatoms. The molecule has 0 aromatic heterocycles. The lowest BCUT2D eigenvalue weighted by molar-refractivity contribution is -0.144. The van der Waals surface area contributed by atoms with E-state index in [0.717, 1.165) is 13.2 Å². The van der Waals surface area contributed by atoms with Gasteiger partial charge in [-0.3, -0.25) is 9.59 Å². The summed E-state index contributed by atoms with van der Waals surface area (Å²) < 4.78 is 17.6. The molecule has 1 rings (SSSR count). The van der Waals surface area contributed by atoms with E-state index < -0.39 is 30.4 Å². The minimum absolute atomic E-state index is 0.0681. The molecule has 0 saturated carbocycles. The van der Waals surface area contributed by atoms with Crippen LogP contribution in [0.25, 0.3) is 0 Å². The number of aliphatic hydroxyl groups excluding tert-OH is 2. The Morgan fingerprint density at radius 1 is 1.50 bits per heavy atom. The van der Waals surface area contributed by atoms with Gasteiger partial charge in [-0.05, 0) is 11.6 Å². The van der Waals surface area contributed by atoms with E-state index in [9.17, 15) is 24.2 Å². The predicted octanol–water partition coefficient (Wildman–Crippen LogP) is 0.596. The number of rotatable bonds is 5. The maximum absolute atomic E-state index is 13.3. The minimum atomic E-state index is -1.54. The topological polar surface area (TPSA) is 83.8 Å². The Kier molecular flexibility index (Phi) is 4.94. The number of ether oxygens (including phenoxy) is 1. The quantitative estimate of drug-likeness (QED) is 0.595. The summed E-state index contributed by atoms with van der Waals surface area (Å²) in [4.78, 5) is 21.7. The van der Waals surface area contributed by atoms with Gasteiger partial charge in [-0.25, -0.2) is 4.39 Å². The van der Waals surface area contributed by atoms with E-state index in [1.165, 1.54) is 12.1 Å². The average molecular weight is 256 g/mol. The summed E-state index contributed by atoms with van der Waals surface area (Å²) in [6.07, 6.45) is -3.22. The molecule has 0 aliphatic carbocycles. The Hall–Kier alpha value is -1.79. The highest BCUT2D eigenvalue weighted by Crippen LogP contribution is 2.23. The number of hydrogen-bond donors (Lipinski definition) is 2. The van der Waals surface area contributed by atoms with E-state index in [0.29, 0.717) is 0 Å². The van der Waals surface area contributed by atoms with E-state index >= 15 is 0 Å². The largest absolute Gasteiger partial charge is 0.469 e. The summed E-state index contributed by atoms with van der Waals surface area (Å²) in [6, 6.07) is 3.66. The van der Waals surface area contributed by atoms with Crippen LogP contribution in [0.1, 0.15) is 28.4 Å². The second-order valence-electron chi connectivity index (χ2n) is 3.65. The van der Waals surface area contributed by atoms with Crippen LogP contribution in [0.4, 0.5) is 4.39 Å². The van der Waals surface area contributed by atoms with Gasteiger partial charge >= 0.3 is 5.97 Å². The summed E-state index contributed by atoms with van der Waals surface area (Å²) >= 11 is 0. The molecule has 1 aromatic rings. The van der Waals surface area contributed by atoms with E-state index in [4.69, 9.17) is 0 Å². The van der Waals surface area contributed by atoms with Crippen LogP contribution in [-0.2, 0) is 9.53 Å². The van der Waals surface area contributed by atoms with Crippen molar-refractivity contribution in [1.29, 1.82) is 0 Å². The standard InChI is InChI=1S/C12H13FO5/c1-18-11(16)5-10(15)12(17)7-3-2-4-9(13)8(7)6-14/h2-4,6,10,12,15,17H,5H2,1H3. The van der Waals surface area contributed by atoms with Crippen LogP contribution < -0.4 is 0 Å². The first kappa shape index (κ1) is 14.3. The highest BCUT2D eigenvalue weighted by Gasteiger charge is 2.25. The molecule has 5 nitrogen and oxygen atoms in total. The highest BCUT2D eigenvalue weighted by molar-refractivity contribution is 5.78. The fourth-order valence-electron chi connectivity index (χ4n) is 1.51. The van der Waals surface area contributed by atoms with Crippen molar-refractivity contribution in [1.82, 2.24) is 0 Å². The van der Waals surface area contributed by atoms with Gasteiger partial charge in [0.25, 0.3) is 0 Å². The molecule has 0 heterocycles. The second kappa shape index (κ2) is 6.23. The van der Waals surface area contributed by atoms with Crippen LogP contribution in [0, 0.1) is 5.82 Å². The summed E-state index contributed by atoms with van der Waals surface area (Å²) in [5, 5.41) is 19.4. The fourth-order valence-corrected chi connectivity index (χ4v) is 1.51. The number of carbonyl (C=O) groups is 2. The third kappa shape index (κ3) is 3.12. The summed E-state index contributed by atoms with van der Waals surface area (Å²) in [5.74, 6) is -1.52. The van der Waals surface area contributed by atoms with Gasteiger partial charge in [0.15, 0.2) is 6.29 Å². The first-order valence-corrected chi connectivity index (χ1v) is 5.17. The van der Waals surface area contributed by atoms with Crippen molar-refractivity contribution in [3.8, 4) is 0 Å². The second-order valence-corrected chi connectivity index (χ2v) is 3.65. The van der Waals surface area contributed by atoms with Crippen molar-refractivity contribution < 1.29 is 28.9 Å². The van der Waals surface area contributed by atoms with Gasteiger partial charge in [0.1, 0.15) is 11.9 Å². The van der Waals surface area contributed by atoms with Gasteiger partial charge in [-0.1, -0.05) is 12.1 Å². The van der Waals surface area contributed by atoms with E-state index in [1.54, 1.807) is 0 Å². The maximum atomic E-state index is 13.3. The Morgan fingerprint density at radius 2 is 2.17 bits per heavy atom. The first-order chi connectivity index (χ1) is 8.51. The molecular weight excluding hydrogens is 243 g/mol. The van der Waals surface area contributed by atoms with Crippen LogP contribution in [0.5, 0.6) is 0 Å². The molecule has 2 unspecified atom stereocenters. The number of hydrogen-bond acceptors (Lipinski definition) is 5. The molecule has 0 saturated heterocycles. The Bertz CT molecular complexity index is 446. The molecule has 0 fully saturated rings. The SMILES string of the molecule is COC(=O)CC(O)C(O)c1cccc(F)c1C=O. The van der Waals surface area contributed by atoms with Gasteiger partial charge in [0.2, 0.25) is 0 Å². The lowest BCUT2D eigenvalue weighted by atomic mass is 9.97. The highest BCUT2D eigenvalue weighted by atomic mass is 19.1. The number of methoxy groups -OCH3 is 1. The zero-order chi connectivity index (χ0) is 13.7. The van der Waals surface area contributed by atoms with Crippen molar-refractivity contribution in [2.24, 2.45) is 0 Å². The molecule has 2 atom stereocenters.